The molecule has 0 aromatic heterocycles. The fraction of sp³-hybridized carbons (Fsp3) is 0.364. The number of aliphatic hydroxyl groups is 1. The van der Waals surface area contributed by atoms with Gasteiger partial charge < -0.3 is 5.11 Å². The van der Waals surface area contributed by atoms with Gasteiger partial charge in [0, 0.05) is 12.1 Å². The van der Waals surface area contributed by atoms with E-state index in [1.54, 1.807) is 0 Å². The van der Waals surface area contributed by atoms with Crippen LogP contribution in [0, 0.1) is 0 Å². The molecule has 1 aliphatic heterocycles. The van der Waals surface area contributed by atoms with Crippen LogP contribution in [-0.4, -0.2) is 35.6 Å². The maximum Gasteiger partial charge on any atom is 0.439 e. The summed E-state index contributed by atoms with van der Waals surface area (Å²) < 4.78 is 63.1. The van der Waals surface area contributed by atoms with E-state index in [4.69, 9.17) is 0 Å². The SMILES string of the molecule is CC1=NN(S(=O)(=O)c2ccccc2)[C@](O)(C(F)(F)F)C1. The standard InChI is InChI=1S/C11H11F3N2O3S/c1-8-7-10(17,11(12,13)14)16(15-8)20(18,19)9-5-3-2-4-6-9/h2-6,17H,7H2,1H3/t10-/m1/s1. The van der Waals surface area contributed by atoms with Gasteiger partial charge in [-0.25, -0.2) is 0 Å². The molecule has 9 heteroatoms. The van der Waals surface area contributed by atoms with E-state index in [-0.39, 0.29) is 15.0 Å². The molecule has 0 aliphatic carbocycles. The van der Waals surface area contributed by atoms with Crippen molar-refractivity contribution >= 4 is 15.7 Å². The van der Waals surface area contributed by atoms with Gasteiger partial charge in [0.05, 0.1) is 4.90 Å². The number of hydrazone groups is 1. The molecule has 1 heterocycles. The smallest absolute Gasteiger partial charge is 0.361 e. The van der Waals surface area contributed by atoms with Crippen LogP contribution in [-0.2, 0) is 10.0 Å². The average molecular weight is 308 g/mol. The third kappa shape index (κ3) is 2.16. The van der Waals surface area contributed by atoms with Gasteiger partial charge in [-0.05, 0) is 19.1 Å². The Labute approximate surface area is 113 Å². The molecule has 0 unspecified atom stereocenters. The van der Waals surface area contributed by atoms with Crippen molar-refractivity contribution in [2.75, 3.05) is 0 Å². The molecule has 110 valence electrons. The topological polar surface area (TPSA) is 70.0 Å². The van der Waals surface area contributed by atoms with Gasteiger partial charge in [-0.3, -0.25) is 0 Å². The lowest BCUT2D eigenvalue weighted by Crippen LogP contribution is -2.56. The molecule has 1 N–H and O–H groups in total. The molecule has 2 rings (SSSR count). The van der Waals surface area contributed by atoms with Crippen LogP contribution in [0.15, 0.2) is 40.3 Å². The van der Waals surface area contributed by atoms with Gasteiger partial charge >= 0.3 is 6.18 Å². The number of hydrogen-bond acceptors (Lipinski definition) is 4. The third-order valence-electron chi connectivity index (χ3n) is 2.80. The normalized spacial score (nSPS) is 23.9. The number of hydrogen-bond donors (Lipinski definition) is 1. The number of halogens is 3. The van der Waals surface area contributed by atoms with Crippen LogP contribution in [0.1, 0.15) is 13.3 Å². The van der Waals surface area contributed by atoms with Crippen LogP contribution < -0.4 is 0 Å². The second-order valence-electron chi connectivity index (χ2n) is 4.39. The van der Waals surface area contributed by atoms with E-state index in [0.717, 1.165) is 12.1 Å². The molecule has 1 aromatic carbocycles. The Bertz CT molecular complexity index is 643. The zero-order valence-electron chi connectivity index (χ0n) is 10.3. The number of alkyl halides is 3. The molecular formula is C11H11F3N2O3S. The van der Waals surface area contributed by atoms with Crippen LogP contribution in [0.4, 0.5) is 13.2 Å². The van der Waals surface area contributed by atoms with Crippen LogP contribution in [0.5, 0.6) is 0 Å². The van der Waals surface area contributed by atoms with E-state index in [0.29, 0.717) is 0 Å². The molecule has 0 fully saturated rings. The van der Waals surface area contributed by atoms with E-state index in [9.17, 15) is 26.7 Å². The predicted octanol–water partition coefficient (Wildman–Crippen LogP) is 1.71. The summed E-state index contributed by atoms with van der Waals surface area (Å²) in [6.45, 7) is 1.22. The van der Waals surface area contributed by atoms with Gasteiger partial charge in [-0.1, -0.05) is 18.2 Å². The van der Waals surface area contributed by atoms with E-state index in [1.807, 2.05) is 0 Å². The first-order valence-corrected chi connectivity index (χ1v) is 6.97. The highest BCUT2D eigenvalue weighted by atomic mass is 32.2. The van der Waals surface area contributed by atoms with Crippen LogP contribution >= 0.6 is 0 Å². The first kappa shape index (κ1) is 14.8. The highest BCUT2D eigenvalue weighted by Crippen LogP contribution is 2.42. The third-order valence-corrected chi connectivity index (χ3v) is 4.51. The molecule has 0 saturated heterocycles. The molecule has 1 aliphatic rings. The maximum absolute atomic E-state index is 13.0. The summed E-state index contributed by atoms with van der Waals surface area (Å²) in [6.07, 6.45) is -6.07. The fourth-order valence-corrected chi connectivity index (χ4v) is 3.36. The number of sulfonamides is 1. The average Bonchev–Trinajstić information content (AvgIpc) is 2.67. The Morgan fingerprint density at radius 1 is 1.30 bits per heavy atom. The molecule has 0 bridgehead atoms. The number of rotatable bonds is 2. The Morgan fingerprint density at radius 2 is 1.85 bits per heavy atom. The Hall–Kier alpha value is -1.61. The van der Waals surface area contributed by atoms with Crippen molar-refractivity contribution in [1.29, 1.82) is 0 Å². The van der Waals surface area contributed by atoms with E-state index >= 15 is 0 Å². The van der Waals surface area contributed by atoms with Crippen molar-refractivity contribution in [2.45, 2.75) is 30.1 Å². The van der Waals surface area contributed by atoms with Crippen LogP contribution in [0.2, 0.25) is 0 Å². The minimum Gasteiger partial charge on any atom is -0.361 e. The summed E-state index contributed by atoms with van der Waals surface area (Å²) in [6, 6.07) is 6.52. The zero-order chi connectivity index (χ0) is 15.2. The van der Waals surface area contributed by atoms with Crippen molar-refractivity contribution in [3.8, 4) is 0 Å². The first-order valence-electron chi connectivity index (χ1n) is 5.53. The van der Waals surface area contributed by atoms with Gasteiger partial charge in [0.1, 0.15) is 0 Å². The Kier molecular flexibility index (Phi) is 3.29. The number of benzene rings is 1. The van der Waals surface area contributed by atoms with Gasteiger partial charge in [-0.15, -0.1) is 4.41 Å². The molecule has 0 spiro atoms. The molecule has 5 nitrogen and oxygen atoms in total. The maximum atomic E-state index is 13.0. The van der Waals surface area contributed by atoms with Crippen molar-refractivity contribution in [3.05, 3.63) is 30.3 Å². The lowest BCUT2D eigenvalue weighted by atomic mass is 10.1. The largest absolute Gasteiger partial charge is 0.439 e. The first-order chi connectivity index (χ1) is 9.09. The van der Waals surface area contributed by atoms with Gasteiger partial charge in [0.25, 0.3) is 15.7 Å². The molecular weight excluding hydrogens is 297 g/mol. The molecule has 20 heavy (non-hydrogen) atoms. The van der Waals surface area contributed by atoms with E-state index in [1.165, 1.54) is 25.1 Å². The van der Waals surface area contributed by atoms with E-state index < -0.39 is 28.3 Å². The fourth-order valence-electron chi connectivity index (χ4n) is 1.85. The highest BCUT2D eigenvalue weighted by Gasteiger charge is 2.64. The minimum absolute atomic E-state index is 0.121. The summed E-state index contributed by atoms with van der Waals surface area (Å²) >= 11 is 0. The predicted molar refractivity (Wildman–Crippen MR) is 64.2 cm³/mol. The lowest BCUT2D eigenvalue weighted by Gasteiger charge is -2.33. The summed E-state index contributed by atoms with van der Waals surface area (Å²) in [5.74, 6) is 0. The van der Waals surface area contributed by atoms with Gasteiger partial charge in [0.2, 0.25) is 0 Å². The van der Waals surface area contributed by atoms with Crippen LogP contribution in [0.25, 0.3) is 0 Å². The van der Waals surface area contributed by atoms with Crippen molar-refractivity contribution < 1.29 is 26.7 Å². The highest BCUT2D eigenvalue weighted by molar-refractivity contribution is 7.89. The van der Waals surface area contributed by atoms with Crippen molar-refractivity contribution in [2.24, 2.45) is 5.10 Å². The Morgan fingerprint density at radius 3 is 2.35 bits per heavy atom. The molecule has 1 atom stereocenters. The second kappa shape index (κ2) is 4.45. The summed E-state index contributed by atoms with van der Waals surface area (Å²) in [7, 11) is -4.59. The van der Waals surface area contributed by atoms with Gasteiger partial charge in [0.15, 0.2) is 0 Å². The second-order valence-corrected chi connectivity index (χ2v) is 6.15. The number of nitrogens with zero attached hydrogens (tertiary/aromatic N) is 2. The van der Waals surface area contributed by atoms with Gasteiger partial charge in [-0.2, -0.15) is 26.7 Å². The van der Waals surface area contributed by atoms with E-state index in [2.05, 4.69) is 5.10 Å². The molecule has 1 aromatic rings. The lowest BCUT2D eigenvalue weighted by molar-refractivity contribution is -0.291. The molecule has 0 saturated carbocycles. The monoisotopic (exact) mass is 308 g/mol. The van der Waals surface area contributed by atoms with Crippen LogP contribution in [0.3, 0.4) is 0 Å². The van der Waals surface area contributed by atoms with Crippen molar-refractivity contribution in [1.82, 2.24) is 4.41 Å². The van der Waals surface area contributed by atoms with Crippen molar-refractivity contribution in [3.63, 3.8) is 0 Å². The minimum atomic E-state index is -5.16. The Balaban J connectivity index is 2.55. The summed E-state index contributed by atoms with van der Waals surface area (Å²) in [5.41, 5.74) is -3.67. The summed E-state index contributed by atoms with van der Waals surface area (Å²) in [5, 5.41) is 13.1. The quantitative estimate of drug-likeness (QED) is 0.904. The molecule has 0 amide bonds. The molecule has 0 radical (unpaired) electrons. The summed E-state index contributed by atoms with van der Waals surface area (Å²) in [4.78, 5) is -0.374. The zero-order valence-corrected chi connectivity index (χ0v) is 11.1.